The Balaban J connectivity index is 2.46. The Bertz CT molecular complexity index is 558. The number of ether oxygens (including phenoxy) is 1. The zero-order valence-electron chi connectivity index (χ0n) is 10.8. The van der Waals surface area contributed by atoms with Gasteiger partial charge in [-0.1, -0.05) is 36.4 Å². The zero-order chi connectivity index (χ0) is 14.8. The summed E-state index contributed by atoms with van der Waals surface area (Å²) >= 11 is 0. The highest BCUT2D eigenvalue weighted by molar-refractivity contribution is 5.93. The van der Waals surface area contributed by atoms with Gasteiger partial charge in [0.2, 0.25) is 0 Å². The van der Waals surface area contributed by atoms with E-state index in [1.165, 1.54) is 6.08 Å². The Kier molecular flexibility index (Phi) is 3.81. The highest BCUT2D eigenvalue weighted by Crippen LogP contribution is 2.43. The molecule has 5 heteroatoms. The molecule has 106 valence electrons. The van der Waals surface area contributed by atoms with E-state index in [1.807, 2.05) is 0 Å². The number of hydrogen-bond donors (Lipinski definition) is 0. The van der Waals surface area contributed by atoms with E-state index in [-0.39, 0.29) is 5.57 Å². The number of aldehydes is 1. The fraction of sp³-hybridized carbons (Fsp3) is 0.267. The number of halogens is 3. The van der Waals surface area contributed by atoms with E-state index in [2.05, 4.69) is 4.74 Å². The van der Waals surface area contributed by atoms with Gasteiger partial charge in [-0.15, -0.1) is 0 Å². The number of carbonyl (C=O) groups is 1. The van der Waals surface area contributed by atoms with Crippen molar-refractivity contribution >= 4 is 11.9 Å². The molecule has 0 saturated carbocycles. The Morgan fingerprint density at radius 2 is 1.90 bits per heavy atom. The van der Waals surface area contributed by atoms with Gasteiger partial charge in [0.25, 0.3) is 0 Å². The average Bonchev–Trinajstić information content (AvgIpc) is 2.46. The van der Waals surface area contributed by atoms with Crippen LogP contribution in [0.3, 0.4) is 0 Å². The second-order valence-corrected chi connectivity index (χ2v) is 4.52. The van der Waals surface area contributed by atoms with Gasteiger partial charge in [0.15, 0.2) is 5.60 Å². The van der Waals surface area contributed by atoms with Crippen molar-refractivity contribution in [2.24, 2.45) is 0 Å². The summed E-state index contributed by atoms with van der Waals surface area (Å²) in [6, 6.07) is 8.82. The third kappa shape index (κ3) is 2.41. The van der Waals surface area contributed by atoms with Crippen molar-refractivity contribution in [2.75, 3.05) is 7.11 Å². The first-order valence-electron chi connectivity index (χ1n) is 5.98. The highest BCUT2D eigenvalue weighted by atomic mass is 19.4. The first-order valence-corrected chi connectivity index (χ1v) is 5.98. The van der Waals surface area contributed by atoms with Crippen LogP contribution in [-0.4, -0.2) is 25.2 Å². The second kappa shape index (κ2) is 5.25. The summed E-state index contributed by atoms with van der Waals surface area (Å²) in [6.07, 6.45) is -2.35. The minimum absolute atomic E-state index is 0.0814. The van der Waals surface area contributed by atoms with E-state index in [4.69, 9.17) is 0 Å². The molecule has 20 heavy (non-hydrogen) atoms. The molecule has 2 nitrogen and oxygen atoms in total. The lowest BCUT2D eigenvalue weighted by atomic mass is 9.83. The Hall–Kier alpha value is -1.88. The van der Waals surface area contributed by atoms with Crippen LogP contribution in [0.1, 0.15) is 12.0 Å². The maximum Gasteiger partial charge on any atom is 0.421 e. The van der Waals surface area contributed by atoms with Crippen molar-refractivity contribution < 1.29 is 22.7 Å². The van der Waals surface area contributed by atoms with Gasteiger partial charge in [-0.2, -0.15) is 13.2 Å². The first kappa shape index (κ1) is 14.5. The molecule has 1 aliphatic rings. The van der Waals surface area contributed by atoms with Gasteiger partial charge >= 0.3 is 6.18 Å². The lowest BCUT2D eigenvalue weighted by Crippen LogP contribution is -2.46. The van der Waals surface area contributed by atoms with Crippen LogP contribution in [0, 0.1) is 0 Å². The summed E-state index contributed by atoms with van der Waals surface area (Å²) in [5.74, 6) is 0. The molecule has 0 aliphatic heterocycles. The molecular formula is C15H13F3O2. The zero-order valence-corrected chi connectivity index (χ0v) is 10.8. The van der Waals surface area contributed by atoms with Crippen LogP contribution in [-0.2, 0) is 9.53 Å². The molecule has 0 fully saturated rings. The highest BCUT2D eigenvalue weighted by Gasteiger charge is 2.55. The number of alkyl halides is 3. The molecule has 1 unspecified atom stereocenters. The molecule has 0 amide bonds. The summed E-state index contributed by atoms with van der Waals surface area (Å²) in [5, 5.41) is 0. The van der Waals surface area contributed by atoms with Crippen LogP contribution < -0.4 is 0 Å². The van der Waals surface area contributed by atoms with Gasteiger partial charge in [0.1, 0.15) is 6.29 Å². The molecule has 2 rings (SSSR count). The molecule has 0 N–H and O–H groups in total. The monoisotopic (exact) mass is 282 g/mol. The summed E-state index contributed by atoms with van der Waals surface area (Å²) < 4.78 is 44.0. The third-order valence-corrected chi connectivity index (χ3v) is 3.39. The normalized spacial score (nSPS) is 23.0. The van der Waals surface area contributed by atoms with E-state index < -0.39 is 18.2 Å². The predicted molar refractivity (Wildman–Crippen MR) is 69.0 cm³/mol. The van der Waals surface area contributed by atoms with E-state index >= 15 is 0 Å². The lowest BCUT2D eigenvalue weighted by molar-refractivity contribution is -0.248. The fourth-order valence-corrected chi connectivity index (χ4v) is 2.22. The number of methoxy groups -OCH3 is 1. The minimum atomic E-state index is -4.57. The predicted octanol–water partition coefficient (Wildman–Crippen LogP) is 3.55. The van der Waals surface area contributed by atoms with E-state index in [1.54, 1.807) is 30.3 Å². The van der Waals surface area contributed by atoms with Crippen LogP contribution in [0.5, 0.6) is 0 Å². The van der Waals surface area contributed by atoms with Gasteiger partial charge in [-0.3, -0.25) is 4.79 Å². The van der Waals surface area contributed by atoms with Crippen molar-refractivity contribution in [2.45, 2.75) is 18.2 Å². The van der Waals surface area contributed by atoms with Crippen molar-refractivity contribution in [1.29, 1.82) is 0 Å². The second-order valence-electron chi connectivity index (χ2n) is 4.52. The smallest absolute Gasteiger partial charge is 0.364 e. The SMILES string of the molecule is COC1(C(F)(F)F)C=CC(c2ccccc2)=C(C=O)C1. The van der Waals surface area contributed by atoms with Crippen molar-refractivity contribution in [3.8, 4) is 0 Å². The van der Waals surface area contributed by atoms with Gasteiger partial charge in [-0.05, 0) is 17.2 Å². The fourth-order valence-electron chi connectivity index (χ4n) is 2.22. The molecule has 0 spiro atoms. The molecule has 1 aromatic rings. The molecule has 0 aromatic heterocycles. The quantitative estimate of drug-likeness (QED) is 0.793. The minimum Gasteiger partial charge on any atom is -0.364 e. The average molecular weight is 282 g/mol. The molecular weight excluding hydrogens is 269 g/mol. The summed E-state index contributed by atoms with van der Waals surface area (Å²) in [7, 11) is 0.994. The number of allylic oxidation sites excluding steroid dienone is 2. The lowest BCUT2D eigenvalue weighted by Gasteiger charge is -2.34. The maximum absolute atomic E-state index is 13.1. The number of benzene rings is 1. The Morgan fingerprint density at radius 3 is 2.40 bits per heavy atom. The number of carbonyl (C=O) groups excluding carboxylic acids is 1. The Morgan fingerprint density at radius 1 is 1.25 bits per heavy atom. The van der Waals surface area contributed by atoms with Gasteiger partial charge in [-0.25, -0.2) is 0 Å². The van der Waals surface area contributed by atoms with Crippen LogP contribution in [0.2, 0.25) is 0 Å². The third-order valence-electron chi connectivity index (χ3n) is 3.39. The summed E-state index contributed by atoms with van der Waals surface area (Å²) in [5.41, 5.74) is -1.14. The molecule has 1 aromatic carbocycles. The molecule has 0 bridgehead atoms. The standard InChI is InChI=1S/C15H13F3O2/c1-20-14(15(16,17)18)8-7-13(12(9-14)10-19)11-5-3-2-4-6-11/h2-8,10H,9H2,1H3. The summed E-state index contributed by atoms with van der Waals surface area (Å²) in [6.45, 7) is 0. The van der Waals surface area contributed by atoms with Crippen molar-refractivity contribution in [3.63, 3.8) is 0 Å². The largest absolute Gasteiger partial charge is 0.421 e. The van der Waals surface area contributed by atoms with Crippen LogP contribution in [0.4, 0.5) is 13.2 Å². The van der Waals surface area contributed by atoms with Gasteiger partial charge in [0, 0.05) is 19.1 Å². The van der Waals surface area contributed by atoms with Crippen LogP contribution in [0.15, 0.2) is 48.1 Å². The molecule has 0 saturated heterocycles. The molecule has 1 aliphatic carbocycles. The van der Waals surface area contributed by atoms with Gasteiger partial charge in [0.05, 0.1) is 0 Å². The van der Waals surface area contributed by atoms with Crippen molar-refractivity contribution in [1.82, 2.24) is 0 Å². The van der Waals surface area contributed by atoms with E-state index in [0.29, 0.717) is 17.4 Å². The maximum atomic E-state index is 13.1. The van der Waals surface area contributed by atoms with E-state index in [9.17, 15) is 18.0 Å². The number of hydrogen-bond acceptors (Lipinski definition) is 2. The Labute approximate surface area is 114 Å². The van der Waals surface area contributed by atoms with Gasteiger partial charge < -0.3 is 4.74 Å². The first-order chi connectivity index (χ1) is 9.43. The molecule has 1 atom stereocenters. The molecule has 0 heterocycles. The van der Waals surface area contributed by atoms with Crippen LogP contribution in [0.25, 0.3) is 5.57 Å². The van der Waals surface area contributed by atoms with E-state index in [0.717, 1.165) is 13.2 Å². The van der Waals surface area contributed by atoms with Crippen molar-refractivity contribution in [3.05, 3.63) is 53.6 Å². The topological polar surface area (TPSA) is 26.3 Å². The van der Waals surface area contributed by atoms with Crippen LogP contribution >= 0.6 is 0 Å². The number of rotatable bonds is 3. The molecule has 0 radical (unpaired) electrons. The summed E-state index contributed by atoms with van der Waals surface area (Å²) in [4.78, 5) is 11.2.